The fourth-order valence-electron chi connectivity index (χ4n) is 3.31. The Morgan fingerprint density at radius 2 is 1.23 bits per heavy atom. The zero-order valence-electron chi connectivity index (χ0n) is 17.6. The second kappa shape index (κ2) is 9.85. The van der Waals surface area contributed by atoms with Gasteiger partial charge in [0, 0.05) is 11.4 Å². The van der Waals surface area contributed by atoms with Gasteiger partial charge in [-0.15, -0.1) is 0 Å². The van der Waals surface area contributed by atoms with Gasteiger partial charge in [-0.3, -0.25) is 14.5 Å². The molecule has 0 radical (unpaired) electrons. The van der Waals surface area contributed by atoms with Crippen LogP contribution in [0.5, 0.6) is 0 Å². The third-order valence-electron chi connectivity index (χ3n) is 4.85. The first-order valence-corrected chi connectivity index (χ1v) is 9.92. The van der Waals surface area contributed by atoms with E-state index in [2.05, 4.69) is 10.6 Å². The third-order valence-corrected chi connectivity index (χ3v) is 4.85. The Kier molecular flexibility index (Phi) is 6.99. The Hall–Kier alpha value is -3.44. The molecule has 0 heterocycles. The first-order chi connectivity index (χ1) is 14.4. The van der Waals surface area contributed by atoms with E-state index < -0.39 is 0 Å². The van der Waals surface area contributed by atoms with E-state index in [0.29, 0.717) is 0 Å². The van der Waals surface area contributed by atoms with Crippen molar-refractivity contribution in [3.05, 3.63) is 83.9 Å². The standard InChI is InChI=1S/C25H27N3O2/c1-18-8-7-9-19(2)25(18)27-24(30)17-28(3)16-23(29)26-22-14-12-21(13-15-22)20-10-5-4-6-11-20/h4-15H,16-17H2,1-3H3,(H,26,29)(H,27,30). The molecule has 0 aliphatic heterocycles. The number of benzene rings is 3. The van der Waals surface area contributed by atoms with E-state index in [1.807, 2.05) is 86.6 Å². The summed E-state index contributed by atoms with van der Waals surface area (Å²) in [6.45, 7) is 4.18. The average molecular weight is 402 g/mol. The van der Waals surface area contributed by atoms with E-state index in [-0.39, 0.29) is 24.9 Å². The Labute approximate surface area is 177 Å². The number of hydrogen-bond acceptors (Lipinski definition) is 3. The predicted octanol–water partition coefficient (Wildman–Crippen LogP) is 4.48. The lowest BCUT2D eigenvalue weighted by Crippen LogP contribution is -2.36. The molecular formula is C25H27N3O2. The summed E-state index contributed by atoms with van der Waals surface area (Å²) in [7, 11) is 1.75. The van der Waals surface area contributed by atoms with Crippen LogP contribution in [0.15, 0.2) is 72.8 Å². The topological polar surface area (TPSA) is 61.4 Å². The molecule has 0 aromatic heterocycles. The number of rotatable bonds is 7. The monoisotopic (exact) mass is 401 g/mol. The normalized spacial score (nSPS) is 10.7. The molecule has 3 aromatic rings. The van der Waals surface area contributed by atoms with E-state index in [1.165, 1.54) is 0 Å². The van der Waals surface area contributed by atoms with Gasteiger partial charge >= 0.3 is 0 Å². The van der Waals surface area contributed by atoms with Crippen LogP contribution in [-0.2, 0) is 9.59 Å². The quantitative estimate of drug-likeness (QED) is 0.614. The summed E-state index contributed by atoms with van der Waals surface area (Å²) in [5, 5.41) is 5.82. The molecule has 0 aliphatic rings. The first-order valence-electron chi connectivity index (χ1n) is 9.92. The van der Waals surface area contributed by atoms with Gasteiger partial charge in [-0.2, -0.15) is 0 Å². The SMILES string of the molecule is Cc1cccc(C)c1NC(=O)CN(C)CC(=O)Nc1ccc(-c2ccccc2)cc1. The van der Waals surface area contributed by atoms with Crippen LogP contribution in [-0.4, -0.2) is 36.9 Å². The molecule has 3 rings (SSSR count). The van der Waals surface area contributed by atoms with Crippen molar-refractivity contribution < 1.29 is 9.59 Å². The average Bonchev–Trinajstić information content (AvgIpc) is 2.72. The smallest absolute Gasteiger partial charge is 0.238 e. The summed E-state index contributed by atoms with van der Waals surface area (Å²) >= 11 is 0. The highest BCUT2D eigenvalue weighted by Crippen LogP contribution is 2.21. The molecular weight excluding hydrogens is 374 g/mol. The molecule has 0 saturated heterocycles. The number of nitrogens with zero attached hydrogens (tertiary/aromatic N) is 1. The molecule has 2 N–H and O–H groups in total. The Bertz CT molecular complexity index is 994. The van der Waals surface area contributed by atoms with Gasteiger partial charge in [0.1, 0.15) is 0 Å². The van der Waals surface area contributed by atoms with Gasteiger partial charge in [0.25, 0.3) is 0 Å². The van der Waals surface area contributed by atoms with Gasteiger partial charge in [0.2, 0.25) is 11.8 Å². The predicted molar refractivity (Wildman–Crippen MR) is 123 cm³/mol. The van der Waals surface area contributed by atoms with Crippen LogP contribution in [0.2, 0.25) is 0 Å². The van der Waals surface area contributed by atoms with E-state index in [4.69, 9.17) is 0 Å². The molecule has 3 aromatic carbocycles. The summed E-state index contributed by atoms with van der Waals surface area (Å²) in [6.07, 6.45) is 0. The van der Waals surface area contributed by atoms with Crippen LogP contribution < -0.4 is 10.6 Å². The number of carbonyl (C=O) groups excluding carboxylic acids is 2. The first kappa shape index (κ1) is 21.3. The number of likely N-dealkylation sites (N-methyl/N-ethyl adjacent to an activating group) is 1. The van der Waals surface area contributed by atoms with Crippen molar-refractivity contribution >= 4 is 23.2 Å². The van der Waals surface area contributed by atoms with Crippen molar-refractivity contribution in [1.29, 1.82) is 0 Å². The highest BCUT2D eigenvalue weighted by atomic mass is 16.2. The molecule has 2 amide bonds. The number of carbonyl (C=O) groups is 2. The van der Waals surface area contributed by atoms with Crippen molar-refractivity contribution in [1.82, 2.24) is 4.90 Å². The van der Waals surface area contributed by atoms with Crippen LogP contribution >= 0.6 is 0 Å². The lowest BCUT2D eigenvalue weighted by atomic mass is 10.1. The number of hydrogen-bond donors (Lipinski definition) is 2. The Morgan fingerprint density at radius 1 is 0.700 bits per heavy atom. The fraction of sp³-hybridized carbons (Fsp3) is 0.200. The van der Waals surface area contributed by atoms with Crippen molar-refractivity contribution in [2.24, 2.45) is 0 Å². The fourth-order valence-corrected chi connectivity index (χ4v) is 3.31. The number of anilines is 2. The lowest BCUT2D eigenvalue weighted by molar-refractivity contribution is -0.119. The van der Waals surface area contributed by atoms with Crippen molar-refractivity contribution in [3.8, 4) is 11.1 Å². The molecule has 0 saturated carbocycles. The van der Waals surface area contributed by atoms with E-state index in [9.17, 15) is 9.59 Å². The second-order valence-electron chi connectivity index (χ2n) is 7.48. The van der Waals surface area contributed by atoms with Crippen LogP contribution in [0.4, 0.5) is 11.4 Å². The summed E-state index contributed by atoms with van der Waals surface area (Å²) in [5.74, 6) is -0.306. The van der Waals surface area contributed by atoms with Gasteiger partial charge < -0.3 is 10.6 Å². The van der Waals surface area contributed by atoms with Gasteiger partial charge in [0.05, 0.1) is 13.1 Å². The van der Waals surface area contributed by atoms with Crippen LogP contribution in [0, 0.1) is 13.8 Å². The summed E-state index contributed by atoms with van der Waals surface area (Å²) in [5.41, 5.74) is 5.82. The summed E-state index contributed by atoms with van der Waals surface area (Å²) < 4.78 is 0. The molecule has 154 valence electrons. The molecule has 5 heteroatoms. The minimum Gasteiger partial charge on any atom is -0.325 e. The van der Waals surface area contributed by atoms with Gasteiger partial charge in [-0.05, 0) is 55.3 Å². The molecule has 5 nitrogen and oxygen atoms in total. The van der Waals surface area contributed by atoms with E-state index in [0.717, 1.165) is 33.6 Å². The lowest BCUT2D eigenvalue weighted by Gasteiger charge is -2.17. The second-order valence-corrected chi connectivity index (χ2v) is 7.48. The molecule has 0 unspecified atom stereocenters. The van der Waals surface area contributed by atoms with Crippen LogP contribution in [0.3, 0.4) is 0 Å². The molecule has 30 heavy (non-hydrogen) atoms. The summed E-state index contributed by atoms with van der Waals surface area (Å²) in [4.78, 5) is 26.4. The number of amides is 2. The number of para-hydroxylation sites is 1. The molecule has 0 spiro atoms. The highest BCUT2D eigenvalue weighted by molar-refractivity contribution is 5.95. The summed E-state index contributed by atoms with van der Waals surface area (Å²) in [6, 6.07) is 23.7. The van der Waals surface area contributed by atoms with Gasteiger partial charge in [0.15, 0.2) is 0 Å². The van der Waals surface area contributed by atoms with Gasteiger partial charge in [-0.25, -0.2) is 0 Å². The number of nitrogens with one attached hydrogen (secondary N) is 2. The molecule has 0 fully saturated rings. The van der Waals surface area contributed by atoms with Crippen molar-refractivity contribution in [3.63, 3.8) is 0 Å². The molecule has 0 aliphatic carbocycles. The molecule has 0 bridgehead atoms. The minimum absolute atomic E-state index is 0.126. The van der Waals surface area contributed by atoms with Crippen molar-refractivity contribution in [2.45, 2.75) is 13.8 Å². The van der Waals surface area contributed by atoms with Gasteiger partial charge in [-0.1, -0.05) is 60.7 Å². The minimum atomic E-state index is -0.162. The number of aryl methyl sites for hydroxylation is 2. The maximum atomic E-state index is 12.4. The maximum Gasteiger partial charge on any atom is 0.238 e. The van der Waals surface area contributed by atoms with Crippen LogP contribution in [0.25, 0.3) is 11.1 Å². The Morgan fingerprint density at radius 3 is 1.83 bits per heavy atom. The van der Waals surface area contributed by atoms with E-state index in [1.54, 1.807) is 11.9 Å². The van der Waals surface area contributed by atoms with E-state index >= 15 is 0 Å². The zero-order chi connectivity index (χ0) is 21.5. The van der Waals surface area contributed by atoms with Crippen LogP contribution in [0.1, 0.15) is 11.1 Å². The largest absolute Gasteiger partial charge is 0.325 e. The highest BCUT2D eigenvalue weighted by Gasteiger charge is 2.13. The zero-order valence-corrected chi connectivity index (χ0v) is 17.6. The third kappa shape index (κ3) is 5.78. The maximum absolute atomic E-state index is 12.4. The Balaban J connectivity index is 1.50. The molecule has 0 atom stereocenters. The van der Waals surface area contributed by atoms with Crippen molar-refractivity contribution in [2.75, 3.05) is 30.8 Å².